The van der Waals surface area contributed by atoms with E-state index in [1.807, 2.05) is 6.92 Å². The van der Waals surface area contributed by atoms with Gasteiger partial charge in [0.15, 0.2) is 0 Å². The van der Waals surface area contributed by atoms with Crippen LogP contribution in [-0.2, 0) is 0 Å². The standard InChI is InChI=1S/C13H16N4O3/c1-3-7-14-9(2)12-15-16-13(20-12)10-5-4-6-11(8-10)17(18)19/h4-6,8-9,14H,3,7H2,1-2H3. The second-order valence-corrected chi connectivity index (χ2v) is 4.43. The molecule has 0 aliphatic carbocycles. The molecule has 7 heteroatoms. The minimum atomic E-state index is -0.452. The highest BCUT2D eigenvalue weighted by Crippen LogP contribution is 2.24. The summed E-state index contributed by atoms with van der Waals surface area (Å²) in [6.07, 6.45) is 1.01. The van der Waals surface area contributed by atoms with Gasteiger partial charge in [-0.3, -0.25) is 10.1 Å². The molecule has 1 aromatic carbocycles. The number of hydrogen-bond acceptors (Lipinski definition) is 6. The molecular formula is C13H16N4O3. The maximum Gasteiger partial charge on any atom is 0.270 e. The average molecular weight is 276 g/mol. The van der Waals surface area contributed by atoms with Crippen LogP contribution in [0.3, 0.4) is 0 Å². The molecule has 1 unspecified atom stereocenters. The van der Waals surface area contributed by atoms with Crippen LogP contribution < -0.4 is 5.32 Å². The van der Waals surface area contributed by atoms with E-state index < -0.39 is 4.92 Å². The van der Waals surface area contributed by atoms with E-state index in [9.17, 15) is 10.1 Å². The van der Waals surface area contributed by atoms with Crippen LogP contribution in [0.15, 0.2) is 28.7 Å². The molecule has 0 radical (unpaired) electrons. The molecule has 2 rings (SSSR count). The van der Waals surface area contributed by atoms with E-state index in [1.165, 1.54) is 12.1 Å². The summed E-state index contributed by atoms with van der Waals surface area (Å²) in [5.41, 5.74) is 0.542. The van der Waals surface area contributed by atoms with E-state index in [-0.39, 0.29) is 17.6 Å². The fourth-order valence-electron chi connectivity index (χ4n) is 1.73. The molecule has 106 valence electrons. The first-order valence-electron chi connectivity index (χ1n) is 6.43. The van der Waals surface area contributed by atoms with Gasteiger partial charge in [-0.2, -0.15) is 0 Å². The zero-order valence-electron chi connectivity index (χ0n) is 11.4. The molecule has 7 nitrogen and oxygen atoms in total. The van der Waals surface area contributed by atoms with Gasteiger partial charge in [0, 0.05) is 17.7 Å². The Morgan fingerprint density at radius 3 is 2.95 bits per heavy atom. The first-order chi connectivity index (χ1) is 9.61. The minimum Gasteiger partial charge on any atom is -0.419 e. The zero-order valence-corrected chi connectivity index (χ0v) is 11.4. The maximum absolute atomic E-state index is 10.7. The Morgan fingerprint density at radius 2 is 2.25 bits per heavy atom. The Kier molecular flexibility index (Phi) is 4.41. The van der Waals surface area contributed by atoms with Crippen LogP contribution in [0.4, 0.5) is 5.69 Å². The van der Waals surface area contributed by atoms with Gasteiger partial charge in [0.05, 0.1) is 11.0 Å². The van der Waals surface area contributed by atoms with E-state index >= 15 is 0 Å². The molecule has 0 aliphatic heterocycles. The van der Waals surface area contributed by atoms with Gasteiger partial charge in [0.1, 0.15) is 0 Å². The number of nitro benzene ring substituents is 1. The second kappa shape index (κ2) is 6.25. The molecule has 1 aromatic heterocycles. The monoisotopic (exact) mass is 276 g/mol. The Labute approximate surface area is 116 Å². The summed E-state index contributed by atoms with van der Waals surface area (Å²) in [5, 5.41) is 21.9. The Bertz CT molecular complexity index is 597. The lowest BCUT2D eigenvalue weighted by Crippen LogP contribution is -2.19. The van der Waals surface area contributed by atoms with Crippen molar-refractivity contribution in [1.82, 2.24) is 15.5 Å². The highest BCUT2D eigenvalue weighted by atomic mass is 16.6. The molecule has 20 heavy (non-hydrogen) atoms. The molecular weight excluding hydrogens is 260 g/mol. The summed E-state index contributed by atoms with van der Waals surface area (Å²) in [4.78, 5) is 10.3. The fourth-order valence-corrected chi connectivity index (χ4v) is 1.73. The molecule has 1 atom stereocenters. The highest BCUT2D eigenvalue weighted by molar-refractivity contribution is 5.57. The Morgan fingerprint density at radius 1 is 1.45 bits per heavy atom. The lowest BCUT2D eigenvalue weighted by Gasteiger charge is -2.07. The summed E-state index contributed by atoms with van der Waals surface area (Å²) in [7, 11) is 0. The van der Waals surface area contributed by atoms with E-state index in [0.717, 1.165) is 13.0 Å². The Balaban J connectivity index is 2.20. The molecule has 1 N–H and O–H groups in total. The normalized spacial score (nSPS) is 12.3. The van der Waals surface area contributed by atoms with Crippen LogP contribution in [0.2, 0.25) is 0 Å². The van der Waals surface area contributed by atoms with Gasteiger partial charge in [-0.25, -0.2) is 0 Å². The van der Waals surface area contributed by atoms with E-state index in [1.54, 1.807) is 12.1 Å². The van der Waals surface area contributed by atoms with Crippen LogP contribution >= 0.6 is 0 Å². The van der Waals surface area contributed by atoms with Crippen molar-refractivity contribution in [2.75, 3.05) is 6.54 Å². The predicted molar refractivity (Wildman–Crippen MR) is 73.1 cm³/mol. The van der Waals surface area contributed by atoms with Crippen molar-refractivity contribution < 1.29 is 9.34 Å². The molecule has 2 aromatic rings. The molecule has 0 spiro atoms. The number of nitrogens with zero attached hydrogens (tertiary/aromatic N) is 3. The number of non-ortho nitro benzene ring substituents is 1. The Hall–Kier alpha value is -2.28. The van der Waals surface area contributed by atoms with Crippen molar-refractivity contribution in [3.8, 4) is 11.5 Å². The number of hydrogen-bond donors (Lipinski definition) is 1. The summed E-state index contributed by atoms with van der Waals surface area (Å²) in [6, 6.07) is 6.09. The first-order valence-corrected chi connectivity index (χ1v) is 6.43. The second-order valence-electron chi connectivity index (χ2n) is 4.43. The summed E-state index contributed by atoms with van der Waals surface area (Å²) < 4.78 is 5.56. The van der Waals surface area contributed by atoms with Crippen molar-refractivity contribution in [1.29, 1.82) is 0 Å². The number of benzene rings is 1. The molecule has 0 aliphatic rings. The largest absolute Gasteiger partial charge is 0.419 e. The first kappa shape index (κ1) is 14.1. The van der Waals surface area contributed by atoms with Crippen LogP contribution in [0.5, 0.6) is 0 Å². The molecule has 0 saturated carbocycles. The minimum absolute atomic E-state index is 0.000550. The van der Waals surface area contributed by atoms with Crippen LogP contribution in [0.25, 0.3) is 11.5 Å². The van der Waals surface area contributed by atoms with E-state index in [0.29, 0.717) is 11.5 Å². The third-order valence-corrected chi connectivity index (χ3v) is 2.82. The number of aromatic nitrogens is 2. The lowest BCUT2D eigenvalue weighted by atomic mass is 10.2. The van der Waals surface area contributed by atoms with Crippen molar-refractivity contribution >= 4 is 5.69 Å². The molecule has 0 amide bonds. The summed E-state index contributed by atoms with van der Waals surface area (Å²) >= 11 is 0. The number of rotatable bonds is 6. The van der Waals surface area contributed by atoms with Crippen molar-refractivity contribution in [3.05, 3.63) is 40.3 Å². The van der Waals surface area contributed by atoms with Gasteiger partial charge in [-0.05, 0) is 26.0 Å². The van der Waals surface area contributed by atoms with Crippen molar-refractivity contribution in [2.24, 2.45) is 0 Å². The fraction of sp³-hybridized carbons (Fsp3) is 0.385. The van der Waals surface area contributed by atoms with Gasteiger partial charge in [-0.15, -0.1) is 10.2 Å². The predicted octanol–water partition coefficient (Wildman–Crippen LogP) is 2.71. The molecule has 0 saturated heterocycles. The number of nitrogens with one attached hydrogen (secondary N) is 1. The average Bonchev–Trinajstić information content (AvgIpc) is 2.94. The molecule has 0 fully saturated rings. The van der Waals surface area contributed by atoms with E-state index in [2.05, 4.69) is 22.4 Å². The maximum atomic E-state index is 10.7. The molecule has 1 heterocycles. The lowest BCUT2D eigenvalue weighted by molar-refractivity contribution is -0.384. The number of nitro groups is 1. The van der Waals surface area contributed by atoms with Gasteiger partial charge in [-0.1, -0.05) is 13.0 Å². The SMILES string of the molecule is CCCNC(C)c1nnc(-c2cccc([N+](=O)[O-])c2)o1. The van der Waals surface area contributed by atoms with Gasteiger partial charge < -0.3 is 9.73 Å². The molecule has 0 bridgehead atoms. The van der Waals surface area contributed by atoms with Crippen LogP contribution in [0.1, 0.15) is 32.2 Å². The third kappa shape index (κ3) is 3.18. The topological polar surface area (TPSA) is 94.1 Å². The van der Waals surface area contributed by atoms with Crippen LogP contribution in [0, 0.1) is 10.1 Å². The van der Waals surface area contributed by atoms with Crippen molar-refractivity contribution in [2.45, 2.75) is 26.3 Å². The van der Waals surface area contributed by atoms with Gasteiger partial charge in [0.2, 0.25) is 11.8 Å². The summed E-state index contributed by atoms with van der Waals surface area (Å²) in [6.45, 7) is 4.86. The van der Waals surface area contributed by atoms with Crippen LogP contribution in [-0.4, -0.2) is 21.7 Å². The zero-order chi connectivity index (χ0) is 14.5. The summed E-state index contributed by atoms with van der Waals surface area (Å²) in [5.74, 6) is 0.758. The van der Waals surface area contributed by atoms with Crippen molar-refractivity contribution in [3.63, 3.8) is 0 Å². The van der Waals surface area contributed by atoms with Gasteiger partial charge in [0.25, 0.3) is 5.69 Å². The third-order valence-electron chi connectivity index (χ3n) is 2.82. The highest BCUT2D eigenvalue weighted by Gasteiger charge is 2.16. The quantitative estimate of drug-likeness (QED) is 0.644. The smallest absolute Gasteiger partial charge is 0.270 e. The van der Waals surface area contributed by atoms with Gasteiger partial charge >= 0.3 is 0 Å². The van der Waals surface area contributed by atoms with E-state index in [4.69, 9.17) is 4.42 Å².